The topological polar surface area (TPSA) is 55.1 Å². The molecule has 0 fully saturated rings. The smallest absolute Gasteiger partial charge is 0.234 e. The number of nitrogens with one attached hydrogen (secondary N) is 1. The predicted octanol–water partition coefficient (Wildman–Crippen LogP) is 1.71. The molecule has 15 heavy (non-hydrogen) atoms. The maximum absolute atomic E-state index is 11.4. The van der Waals surface area contributed by atoms with Crippen molar-refractivity contribution in [3.63, 3.8) is 0 Å². The minimum Gasteiger partial charge on any atom is -0.330 e. The lowest BCUT2D eigenvalue weighted by atomic mass is 10.3. The highest BCUT2D eigenvalue weighted by Gasteiger charge is 2.01. The van der Waals surface area contributed by atoms with E-state index in [1.54, 1.807) is 11.8 Å². The second-order valence-electron chi connectivity index (χ2n) is 3.11. The monoisotopic (exact) mass is 224 g/mol. The minimum atomic E-state index is 0.0446. The van der Waals surface area contributed by atoms with Crippen molar-refractivity contribution in [2.45, 2.75) is 6.42 Å². The Kier molecular flexibility index (Phi) is 5.88. The second kappa shape index (κ2) is 7.31. The van der Waals surface area contributed by atoms with Crippen LogP contribution in [0.3, 0.4) is 0 Å². The standard InChI is InChI=1S/C11H16N2OS/c12-7-4-8-15-9-11(14)13-10-5-2-1-3-6-10/h1-3,5-6H,4,7-9,12H2,(H,13,14). The molecular weight excluding hydrogens is 208 g/mol. The Balaban J connectivity index is 2.19. The molecule has 0 aliphatic carbocycles. The molecule has 1 aromatic carbocycles. The van der Waals surface area contributed by atoms with Gasteiger partial charge in [0.1, 0.15) is 0 Å². The van der Waals surface area contributed by atoms with Crippen LogP contribution in [0, 0.1) is 0 Å². The van der Waals surface area contributed by atoms with E-state index in [0.717, 1.165) is 17.9 Å². The van der Waals surface area contributed by atoms with Crippen LogP contribution in [0.15, 0.2) is 30.3 Å². The third-order valence-corrected chi connectivity index (χ3v) is 2.83. The summed E-state index contributed by atoms with van der Waals surface area (Å²) >= 11 is 1.61. The summed E-state index contributed by atoms with van der Waals surface area (Å²) in [4.78, 5) is 11.4. The number of carbonyl (C=O) groups excluding carboxylic acids is 1. The summed E-state index contributed by atoms with van der Waals surface area (Å²) in [6.07, 6.45) is 0.962. The number of benzene rings is 1. The Morgan fingerprint density at radius 1 is 1.33 bits per heavy atom. The van der Waals surface area contributed by atoms with Gasteiger partial charge in [-0.2, -0.15) is 11.8 Å². The Morgan fingerprint density at radius 2 is 2.07 bits per heavy atom. The second-order valence-corrected chi connectivity index (χ2v) is 4.21. The van der Waals surface area contributed by atoms with Gasteiger partial charge in [-0.05, 0) is 30.9 Å². The molecule has 4 heteroatoms. The molecule has 3 N–H and O–H groups in total. The molecule has 0 saturated heterocycles. The summed E-state index contributed by atoms with van der Waals surface area (Å²) in [5.74, 6) is 1.48. The van der Waals surface area contributed by atoms with Gasteiger partial charge in [-0.3, -0.25) is 4.79 Å². The summed E-state index contributed by atoms with van der Waals surface area (Å²) in [5.41, 5.74) is 6.20. The summed E-state index contributed by atoms with van der Waals surface area (Å²) in [7, 11) is 0. The molecule has 1 rings (SSSR count). The van der Waals surface area contributed by atoms with Crippen molar-refractivity contribution in [1.29, 1.82) is 0 Å². The number of para-hydroxylation sites is 1. The summed E-state index contributed by atoms with van der Waals surface area (Å²) in [6.45, 7) is 0.688. The van der Waals surface area contributed by atoms with E-state index in [1.165, 1.54) is 0 Å². The molecule has 0 aliphatic heterocycles. The Hall–Kier alpha value is -1.00. The Bertz CT molecular complexity index is 290. The molecule has 0 atom stereocenters. The van der Waals surface area contributed by atoms with Crippen LogP contribution in [0.1, 0.15) is 6.42 Å². The average molecular weight is 224 g/mol. The number of amides is 1. The largest absolute Gasteiger partial charge is 0.330 e. The number of anilines is 1. The number of hydrogen-bond acceptors (Lipinski definition) is 3. The zero-order chi connectivity index (χ0) is 10.9. The van der Waals surface area contributed by atoms with Gasteiger partial charge in [-0.25, -0.2) is 0 Å². The summed E-state index contributed by atoms with van der Waals surface area (Å²) in [6, 6.07) is 9.48. The number of nitrogens with two attached hydrogens (primary N) is 1. The van der Waals surface area contributed by atoms with E-state index >= 15 is 0 Å². The van der Waals surface area contributed by atoms with Crippen LogP contribution in [0.5, 0.6) is 0 Å². The van der Waals surface area contributed by atoms with Crippen LogP contribution in [0.2, 0.25) is 0 Å². The van der Waals surface area contributed by atoms with Gasteiger partial charge in [0.25, 0.3) is 0 Å². The third-order valence-electron chi connectivity index (χ3n) is 1.78. The fourth-order valence-corrected chi connectivity index (χ4v) is 1.84. The van der Waals surface area contributed by atoms with Crippen molar-refractivity contribution < 1.29 is 4.79 Å². The van der Waals surface area contributed by atoms with Crippen LogP contribution in [-0.2, 0) is 4.79 Å². The van der Waals surface area contributed by atoms with Gasteiger partial charge in [-0.1, -0.05) is 18.2 Å². The van der Waals surface area contributed by atoms with Crippen molar-refractivity contribution in [2.24, 2.45) is 5.73 Å². The molecular formula is C11H16N2OS. The highest BCUT2D eigenvalue weighted by molar-refractivity contribution is 7.99. The van der Waals surface area contributed by atoms with E-state index in [1.807, 2.05) is 30.3 Å². The van der Waals surface area contributed by atoms with Gasteiger partial charge in [0.05, 0.1) is 5.75 Å². The fourth-order valence-electron chi connectivity index (χ4n) is 1.07. The van der Waals surface area contributed by atoms with E-state index in [0.29, 0.717) is 12.3 Å². The zero-order valence-electron chi connectivity index (χ0n) is 8.61. The lowest BCUT2D eigenvalue weighted by Crippen LogP contribution is -2.14. The number of thioether (sulfide) groups is 1. The van der Waals surface area contributed by atoms with Crippen LogP contribution in [0.25, 0.3) is 0 Å². The number of rotatable bonds is 6. The van der Waals surface area contributed by atoms with Gasteiger partial charge < -0.3 is 11.1 Å². The lowest BCUT2D eigenvalue weighted by Gasteiger charge is -2.04. The molecule has 0 heterocycles. The van der Waals surface area contributed by atoms with Crippen LogP contribution in [0.4, 0.5) is 5.69 Å². The van der Waals surface area contributed by atoms with E-state index in [9.17, 15) is 4.79 Å². The molecule has 0 spiro atoms. The van der Waals surface area contributed by atoms with Crippen molar-refractivity contribution in [3.8, 4) is 0 Å². The first kappa shape index (κ1) is 12.1. The summed E-state index contributed by atoms with van der Waals surface area (Å²) in [5, 5.41) is 2.83. The van der Waals surface area contributed by atoms with Crippen LogP contribution >= 0.6 is 11.8 Å². The Morgan fingerprint density at radius 3 is 2.73 bits per heavy atom. The van der Waals surface area contributed by atoms with E-state index in [4.69, 9.17) is 5.73 Å². The van der Waals surface area contributed by atoms with Crippen molar-refractivity contribution in [3.05, 3.63) is 30.3 Å². The molecule has 0 aromatic heterocycles. The maximum Gasteiger partial charge on any atom is 0.234 e. The van der Waals surface area contributed by atoms with Crippen molar-refractivity contribution in [2.75, 3.05) is 23.4 Å². The highest BCUT2D eigenvalue weighted by Crippen LogP contribution is 2.07. The van der Waals surface area contributed by atoms with Gasteiger partial charge in [0.2, 0.25) is 5.91 Å². The number of hydrogen-bond donors (Lipinski definition) is 2. The van der Waals surface area contributed by atoms with Gasteiger partial charge in [0.15, 0.2) is 0 Å². The average Bonchev–Trinajstić information content (AvgIpc) is 2.26. The molecule has 3 nitrogen and oxygen atoms in total. The van der Waals surface area contributed by atoms with Gasteiger partial charge in [0, 0.05) is 5.69 Å². The molecule has 0 bridgehead atoms. The molecule has 0 aliphatic rings. The normalized spacial score (nSPS) is 9.93. The lowest BCUT2D eigenvalue weighted by molar-refractivity contribution is -0.113. The molecule has 1 amide bonds. The first-order valence-electron chi connectivity index (χ1n) is 4.95. The SMILES string of the molecule is NCCCSCC(=O)Nc1ccccc1. The fraction of sp³-hybridized carbons (Fsp3) is 0.364. The van der Waals surface area contributed by atoms with Gasteiger partial charge in [-0.15, -0.1) is 0 Å². The molecule has 0 radical (unpaired) electrons. The third kappa shape index (κ3) is 5.44. The molecule has 82 valence electrons. The van der Waals surface area contributed by atoms with E-state index in [2.05, 4.69) is 5.32 Å². The van der Waals surface area contributed by atoms with E-state index in [-0.39, 0.29) is 5.91 Å². The predicted molar refractivity (Wildman–Crippen MR) is 66.1 cm³/mol. The highest BCUT2D eigenvalue weighted by atomic mass is 32.2. The molecule has 0 saturated carbocycles. The van der Waals surface area contributed by atoms with E-state index < -0.39 is 0 Å². The molecule has 1 aromatic rings. The maximum atomic E-state index is 11.4. The summed E-state index contributed by atoms with van der Waals surface area (Å²) < 4.78 is 0. The first-order chi connectivity index (χ1) is 7.33. The van der Waals surface area contributed by atoms with Crippen LogP contribution in [-0.4, -0.2) is 24.0 Å². The zero-order valence-corrected chi connectivity index (χ0v) is 9.43. The quantitative estimate of drug-likeness (QED) is 0.723. The number of carbonyl (C=O) groups is 1. The van der Waals surface area contributed by atoms with Crippen molar-refractivity contribution in [1.82, 2.24) is 0 Å². The van der Waals surface area contributed by atoms with Crippen molar-refractivity contribution >= 4 is 23.4 Å². The Labute approximate surface area is 94.4 Å². The van der Waals surface area contributed by atoms with Gasteiger partial charge >= 0.3 is 0 Å². The molecule has 0 unspecified atom stereocenters. The minimum absolute atomic E-state index is 0.0446. The first-order valence-corrected chi connectivity index (χ1v) is 6.11. The van der Waals surface area contributed by atoms with Crippen LogP contribution < -0.4 is 11.1 Å².